The summed E-state index contributed by atoms with van der Waals surface area (Å²) in [7, 11) is 0. The number of hydrogen-bond acceptors (Lipinski definition) is 5. The molecule has 0 aliphatic heterocycles. The van der Waals surface area contributed by atoms with E-state index in [-0.39, 0.29) is 23.1 Å². The van der Waals surface area contributed by atoms with Crippen molar-refractivity contribution in [1.82, 2.24) is 15.3 Å². The van der Waals surface area contributed by atoms with Crippen molar-refractivity contribution in [3.05, 3.63) is 45.8 Å². The number of aromatic amines is 1. The van der Waals surface area contributed by atoms with Crippen LogP contribution in [0, 0.1) is 6.92 Å². The molecular formula is C15H19N3O3S. The Morgan fingerprint density at radius 3 is 2.86 bits per heavy atom. The number of aromatic nitrogens is 2. The summed E-state index contributed by atoms with van der Waals surface area (Å²) in [6.07, 6.45) is 0. The first-order chi connectivity index (χ1) is 10.4. The summed E-state index contributed by atoms with van der Waals surface area (Å²) < 4.78 is 5.37. The van der Waals surface area contributed by atoms with Gasteiger partial charge < -0.3 is 14.7 Å². The van der Waals surface area contributed by atoms with Crippen LogP contribution in [0.2, 0.25) is 0 Å². The van der Waals surface area contributed by atoms with Crippen molar-refractivity contribution in [3.8, 4) is 0 Å². The third-order valence-corrected chi connectivity index (χ3v) is 3.80. The maximum absolute atomic E-state index is 11.8. The number of furan rings is 1. The molecule has 2 heterocycles. The molecule has 0 atom stereocenters. The van der Waals surface area contributed by atoms with Crippen LogP contribution >= 0.6 is 11.8 Å². The van der Waals surface area contributed by atoms with Crippen molar-refractivity contribution < 1.29 is 9.21 Å². The number of carbonyl (C=O) groups excluding carboxylic acids is 1. The Labute approximate surface area is 132 Å². The smallest absolute Gasteiger partial charge is 0.251 e. The predicted molar refractivity (Wildman–Crippen MR) is 85.0 cm³/mol. The lowest BCUT2D eigenvalue weighted by molar-refractivity contribution is -0.118. The molecule has 0 aromatic carbocycles. The minimum absolute atomic E-state index is 0.142. The van der Waals surface area contributed by atoms with Gasteiger partial charge in [0.1, 0.15) is 11.5 Å². The zero-order chi connectivity index (χ0) is 16.1. The molecule has 118 valence electrons. The van der Waals surface area contributed by atoms with Crippen molar-refractivity contribution in [3.63, 3.8) is 0 Å². The molecule has 6 nitrogen and oxygen atoms in total. The molecule has 0 saturated carbocycles. The molecule has 0 bridgehead atoms. The number of thioether (sulfide) groups is 1. The van der Waals surface area contributed by atoms with Gasteiger partial charge in [-0.2, -0.15) is 0 Å². The Balaban J connectivity index is 1.87. The minimum atomic E-state index is -0.201. The summed E-state index contributed by atoms with van der Waals surface area (Å²) in [5.74, 6) is 1.73. The second kappa shape index (κ2) is 7.31. The highest BCUT2D eigenvalue weighted by molar-refractivity contribution is 7.99. The summed E-state index contributed by atoms with van der Waals surface area (Å²) in [6, 6.07) is 5.16. The van der Waals surface area contributed by atoms with E-state index < -0.39 is 0 Å². The average Bonchev–Trinajstić information content (AvgIpc) is 2.88. The van der Waals surface area contributed by atoms with Crippen LogP contribution in [-0.4, -0.2) is 21.6 Å². The largest absolute Gasteiger partial charge is 0.465 e. The number of nitrogens with one attached hydrogen (secondary N) is 2. The lowest BCUT2D eigenvalue weighted by Gasteiger charge is -2.06. The normalized spacial score (nSPS) is 10.9. The fourth-order valence-electron chi connectivity index (χ4n) is 1.77. The van der Waals surface area contributed by atoms with Gasteiger partial charge in [0.05, 0.1) is 18.0 Å². The average molecular weight is 321 g/mol. The van der Waals surface area contributed by atoms with Crippen molar-refractivity contribution in [2.45, 2.75) is 38.4 Å². The maximum atomic E-state index is 11.8. The van der Waals surface area contributed by atoms with E-state index in [0.717, 1.165) is 11.5 Å². The standard InChI is InChI=1S/C15H19N3O3S/c1-9(2)12-6-13(19)18-15(17-12)22-8-14(20)16-7-11-5-4-10(3)21-11/h4-6,9H,7-8H2,1-3H3,(H,16,20)(H,17,18,19). The topological polar surface area (TPSA) is 88.0 Å². The molecule has 2 rings (SSSR count). The van der Waals surface area contributed by atoms with Gasteiger partial charge in [-0.15, -0.1) is 0 Å². The number of H-pyrrole nitrogens is 1. The molecule has 0 radical (unpaired) electrons. The van der Waals surface area contributed by atoms with E-state index in [1.54, 1.807) is 0 Å². The molecule has 0 fully saturated rings. The molecular weight excluding hydrogens is 302 g/mol. The van der Waals surface area contributed by atoms with Crippen LogP contribution in [0.25, 0.3) is 0 Å². The van der Waals surface area contributed by atoms with Gasteiger partial charge in [-0.25, -0.2) is 4.98 Å². The van der Waals surface area contributed by atoms with Crippen molar-refractivity contribution >= 4 is 17.7 Å². The zero-order valence-electron chi connectivity index (χ0n) is 12.8. The molecule has 0 aliphatic carbocycles. The van der Waals surface area contributed by atoms with Crippen molar-refractivity contribution in [2.75, 3.05) is 5.75 Å². The minimum Gasteiger partial charge on any atom is -0.465 e. The van der Waals surface area contributed by atoms with Crippen LogP contribution in [0.15, 0.2) is 32.6 Å². The van der Waals surface area contributed by atoms with Crippen LogP contribution in [0.3, 0.4) is 0 Å². The van der Waals surface area contributed by atoms with E-state index in [9.17, 15) is 9.59 Å². The first-order valence-corrected chi connectivity index (χ1v) is 7.98. The van der Waals surface area contributed by atoms with E-state index in [1.165, 1.54) is 17.8 Å². The molecule has 22 heavy (non-hydrogen) atoms. The summed E-state index contributed by atoms with van der Waals surface area (Å²) in [4.78, 5) is 30.3. The molecule has 2 N–H and O–H groups in total. The number of hydrogen-bond donors (Lipinski definition) is 2. The second-order valence-electron chi connectivity index (χ2n) is 5.21. The van der Waals surface area contributed by atoms with Gasteiger partial charge in [-0.05, 0) is 25.0 Å². The Morgan fingerprint density at radius 1 is 1.45 bits per heavy atom. The van der Waals surface area contributed by atoms with Crippen LogP contribution in [0.1, 0.15) is 37.0 Å². The molecule has 1 amide bonds. The summed E-state index contributed by atoms with van der Waals surface area (Å²) >= 11 is 1.21. The zero-order valence-corrected chi connectivity index (χ0v) is 13.6. The Morgan fingerprint density at radius 2 is 2.23 bits per heavy atom. The lowest BCUT2D eigenvalue weighted by atomic mass is 10.1. The SMILES string of the molecule is Cc1ccc(CNC(=O)CSc2nc(C(C)C)cc(=O)[nH]2)o1. The van der Waals surface area contributed by atoms with Gasteiger partial charge >= 0.3 is 0 Å². The first kappa shape index (κ1) is 16.4. The predicted octanol–water partition coefficient (Wildman–Crippen LogP) is 2.20. The molecule has 0 saturated heterocycles. The monoisotopic (exact) mass is 321 g/mol. The number of aryl methyl sites for hydroxylation is 1. The highest BCUT2D eigenvalue weighted by atomic mass is 32.2. The van der Waals surface area contributed by atoms with Crippen molar-refractivity contribution in [1.29, 1.82) is 0 Å². The number of nitrogens with zero attached hydrogens (tertiary/aromatic N) is 1. The van der Waals surface area contributed by atoms with E-state index in [4.69, 9.17) is 4.42 Å². The molecule has 0 aliphatic rings. The van der Waals surface area contributed by atoms with Crippen LogP contribution in [-0.2, 0) is 11.3 Å². The Bertz CT molecular complexity index is 706. The van der Waals surface area contributed by atoms with Crippen LogP contribution in [0.5, 0.6) is 0 Å². The van der Waals surface area contributed by atoms with E-state index in [0.29, 0.717) is 17.5 Å². The van der Waals surface area contributed by atoms with Gasteiger partial charge in [0.25, 0.3) is 5.56 Å². The number of amides is 1. The van der Waals surface area contributed by atoms with Crippen molar-refractivity contribution in [2.24, 2.45) is 0 Å². The highest BCUT2D eigenvalue weighted by Crippen LogP contribution is 2.15. The maximum Gasteiger partial charge on any atom is 0.251 e. The van der Waals surface area contributed by atoms with E-state index in [2.05, 4.69) is 15.3 Å². The highest BCUT2D eigenvalue weighted by Gasteiger charge is 2.09. The summed E-state index contributed by atoms with van der Waals surface area (Å²) in [5, 5.41) is 3.22. The van der Waals surface area contributed by atoms with Gasteiger partial charge in [-0.3, -0.25) is 9.59 Å². The van der Waals surface area contributed by atoms with Crippen LogP contribution < -0.4 is 10.9 Å². The fraction of sp³-hybridized carbons (Fsp3) is 0.400. The molecule has 2 aromatic rings. The molecule has 0 spiro atoms. The second-order valence-corrected chi connectivity index (χ2v) is 6.17. The Kier molecular flexibility index (Phi) is 5.43. The Hall–Kier alpha value is -2.02. The summed E-state index contributed by atoms with van der Waals surface area (Å²) in [6.45, 7) is 6.14. The third kappa shape index (κ3) is 4.77. The quantitative estimate of drug-likeness (QED) is 0.629. The fourth-order valence-corrected chi connectivity index (χ4v) is 2.48. The van der Waals surface area contributed by atoms with Gasteiger partial charge in [-0.1, -0.05) is 25.6 Å². The number of rotatable bonds is 6. The number of carbonyl (C=O) groups is 1. The van der Waals surface area contributed by atoms with Gasteiger partial charge in [0, 0.05) is 6.07 Å². The van der Waals surface area contributed by atoms with Gasteiger partial charge in [0.15, 0.2) is 5.16 Å². The molecule has 0 unspecified atom stereocenters. The van der Waals surface area contributed by atoms with Gasteiger partial charge in [0.2, 0.25) is 5.91 Å². The van der Waals surface area contributed by atoms with Crippen LogP contribution in [0.4, 0.5) is 0 Å². The first-order valence-electron chi connectivity index (χ1n) is 7.00. The molecule has 2 aromatic heterocycles. The molecule has 7 heteroatoms. The van der Waals surface area contributed by atoms with E-state index >= 15 is 0 Å². The van der Waals surface area contributed by atoms with E-state index in [1.807, 2.05) is 32.9 Å². The third-order valence-electron chi connectivity index (χ3n) is 2.93. The summed E-state index contributed by atoms with van der Waals surface area (Å²) in [5.41, 5.74) is 0.519. The lowest BCUT2D eigenvalue weighted by Crippen LogP contribution is -2.24.